The second kappa shape index (κ2) is 5.33. The van der Waals surface area contributed by atoms with Crippen molar-refractivity contribution in [1.82, 2.24) is 20.1 Å². The Morgan fingerprint density at radius 1 is 1.71 bits per heavy atom. The van der Waals surface area contributed by atoms with Crippen LogP contribution in [0.2, 0.25) is 0 Å². The van der Waals surface area contributed by atoms with Crippen molar-refractivity contribution in [3.05, 3.63) is 12.7 Å². The van der Waals surface area contributed by atoms with Gasteiger partial charge in [0.15, 0.2) is 0 Å². The monoisotopic (exact) mass is 197 g/mol. The van der Waals surface area contributed by atoms with Gasteiger partial charge in [0.2, 0.25) is 5.91 Å². The van der Waals surface area contributed by atoms with Crippen molar-refractivity contribution < 1.29 is 4.79 Å². The average Bonchev–Trinajstić information content (AvgIpc) is 2.69. The quantitative estimate of drug-likeness (QED) is 0.611. The first-order chi connectivity index (χ1) is 6.75. The maximum absolute atomic E-state index is 11.5. The molecule has 1 aromatic rings. The lowest BCUT2D eigenvalue weighted by Gasteiger charge is -2.11. The van der Waals surface area contributed by atoms with Crippen LogP contribution in [-0.4, -0.2) is 33.8 Å². The molecule has 0 aliphatic carbocycles. The number of aromatic nitrogens is 3. The van der Waals surface area contributed by atoms with Crippen LogP contribution in [0.3, 0.4) is 0 Å². The highest BCUT2D eigenvalue weighted by molar-refractivity contribution is 5.79. The Morgan fingerprint density at radius 2 is 2.50 bits per heavy atom. The molecule has 0 aliphatic rings. The number of hydrogen-bond acceptors (Lipinski definition) is 4. The summed E-state index contributed by atoms with van der Waals surface area (Å²) in [6.45, 7) is 2.96. The van der Waals surface area contributed by atoms with Gasteiger partial charge < -0.3 is 11.1 Å². The number of nitrogens with two attached hydrogens (primary N) is 1. The fourth-order valence-corrected chi connectivity index (χ4v) is 0.999. The summed E-state index contributed by atoms with van der Waals surface area (Å²) < 4.78 is 1.51. The van der Waals surface area contributed by atoms with Crippen molar-refractivity contribution in [3.8, 4) is 0 Å². The maximum Gasteiger partial charge on any atom is 0.244 e. The second-order valence-corrected chi connectivity index (χ2v) is 2.98. The van der Waals surface area contributed by atoms with Crippen molar-refractivity contribution in [2.75, 3.05) is 13.1 Å². The van der Waals surface area contributed by atoms with E-state index in [9.17, 15) is 4.79 Å². The van der Waals surface area contributed by atoms with Gasteiger partial charge in [-0.1, -0.05) is 0 Å². The molecular formula is C8H15N5O. The second-order valence-electron chi connectivity index (χ2n) is 2.98. The summed E-state index contributed by atoms with van der Waals surface area (Å²) in [5.41, 5.74) is 5.31. The minimum Gasteiger partial charge on any atom is -0.354 e. The van der Waals surface area contributed by atoms with Crippen LogP contribution < -0.4 is 11.1 Å². The van der Waals surface area contributed by atoms with Gasteiger partial charge in [0.1, 0.15) is 18.7 Å². The lowest BCUT2D eigenvalue weighted by atomic mass is 10.3. The molecule has 1 atom stereocenters. The van der Waals surface area contributed by atoms with E-state index in [2.05, 4.69) is 15.4 Å². The molecule has 0 fully saturated rings. The van der Waals surface area contributed by atoms with E-state index in [1.807, 2.05) is 0 Å². The molecule has 0 aliphatic heterocycles. The minimum absolute atomic E-state index is 0.0658. The molecule has 0 radical (unpaired) electrons. The van der Waals surface area contributed by atoms with Crippen molar-refractivity contribution in [3.63, 3.8) is 0 Å². The zero-order valence-corrected chi connectivity index (χ0v) is 8.18. The van der Waals surface area contributed by atoms with Crippen LogP contribution in [-0.2, 0) is 4.79 Å². The molecule has 0 saturated heterocycles. The fraction of sp³-hybridized carbons (Fsp3) is 0.625. The summed E-state index contributed by atoms with van der Waals surface area (Å²) in [5, 5.41) is 6.65. The van der Waals surface area contributed by atoms with E-state index in [0.29, 0.717) is 13.1 Å². The van der Waals surface area contributed by atoms with E-state index in [-0.39, 0.29) is 11.9 Å². The smallest absolute Gasteiger partial charge is 0.244 e. The largest absolute Gasteiger partial charge is 0.354 e. The molecule has 1 unspecified atom stereocenters. The van der Waals surface area contributed by atoms with Gasteiger partial charge in [-0.05, 0) is 19.9 Å². The number of carbonyl (C=O) groups excluding carboxylic acids is 1. The molecule has 1 heterocycles. The van der Waals surface area contributed by atoms with Crippen LogP contribution >= 0.6 is 0 Å². The lowest BCUT2D eigenvalue weighted by Crippen LogP contribution is -2.32. The highest BCUT2D eigenvalue weighted by Gasteiger charge is 2.13. The predicted octanol–water partition coefficient (Wildman–Crippen LogP) is -0.696. The van der Waals surface area contributed by atoms with Crippen LogP contribution in [0, 0.1) is 0 Å². The van der Waals surface area contributed by atoms with Crippen molar-refractivity contribution in [1.29, 1.82) is 0 Å². The lowest BCUT2D eigenvalue weighted by molar-refractivity contribution is -0.124. The van der Waals surface area contributed by atoms with Gasteiger partial charge in [-0.3, -0.25) is 4.79 Å². The summed E-state index contributed by atoms with van der Waals surface area (Å²) in [6, 6.07) is -0.324. The highest BCUT2D eigenvalue weighted by Crippen LogP contribution is 2.00. The Bertz CT molecular complexity index is 271. The van der Waals surface area contributed by atoms with Gasteiger partial charge in [-0.25, -0.2) is 9.67 Å². The number of nitrogens with zero attached hydrogens (tertiary/aromatic N) is 3. The van der Waals surface area contributed by atoms with Crippen molar-refractivity contribution in [2.45, 2.75) is 19.4 Å². The molecule has 3 N–H and O–H groups in total. The van der Waals surface area contributed by atoms with Gasteiger partial charge in [0.05, 0.1) is 0 Å². The van der Waals surface area contributed by atoms with E-state index < -0.39 is 0 Å². The van der Waals surface area contributed by atoms with Crippen LogP contribution in [0.5, 0.6) is 0 Å². The molecule has 0 spiro atoms. The van der Waals surface area contributed by atoms with Crippen LogP contribution in [0.1, 0.15) is 19.4 Å². The molecule has 0 bridgehead atoms. The van der Waals surface area contributed by atoms with Crippen LogP contribution in [0.25, 0.3) is 0 Å². The topological polar surface area (TPSA) is 85.8 Å². The standard InChI is InChI=1S/C8H15N5O/c1-7(13-6-10-5-12-13)8(14)11-4-2-3-9/h5-7H,2-4,9H2,1H3,(H,11,14). The van der Waals surface area contributed by atoms with Crippen molar-refractivity contribution >= 4 is 5.91 Å². The molecule has 6 heteroatoms. The van der Waals surface area contributed by atoms with Crippen LogP contribution in [0.15, 0.2) is 12.7 Å². The van der Waals surface area contributed by atoms with Gasteiger partial charge in [0.25, 0.3) is 0 Å². The first-order valence-electron chi connectivity index (χ1n) is 4.57. The average molecular weight is 197 g/mol. The van der Waals surface area contributed by atoms with E-state index in [4.69, 9.17) is 5.73 Å². The molecule has 0 saturated carbocycles. The van der Waals surface area contributed by atoms with Crippen LogP contribution in [0.4, 0.5) is 0 Å². The Balaban J connectivity index is 2.37. The highest BCUT2D eigenvalue weighted by atomic mass is 16.2. The molecule has 14 heavy (non-hydrogen) atoms. The summed E-state index contributed by atoms with van der Waals surface area (Å²) in [6.07, 6.45) is 3.71. The molecule has 78 valence electrons. The summed E-state index contributed by atoms with van der Waals surface area (Å²) in [4.78, 5) is 15.2. The van der Waals surface area contributed by atoms with Gasteiger partial charge >= 0.3 is 0 Å². The molecule has 1 amide bonds. The minimum atomic E-state index is -0.324. The SMILES string of the molecule is CC(C(=O)NCCCN)n1cncn1. The first-order valence-corrected chi connectivity index (χ1v) is 4.57. The first kappa shape index (κ1) is 10.6. The molecule has 1 rings (SSSR count). The Hall–Kier alpha value is -1.43. The Labute approximate surface area is 82.5 Å². The number of nitrogens with one attached hydrogen (secondary N) is 1. The fourth-order valence-electron chi connectivity index (χ4n) is 0.999. The third-order valence-corrected chi connectivity index (χ3v) is 1.89. The Morgan fingerprint density at radius 3 is 3.07 bits per heavy atom. The van der Waals surface area contributed by atoms with E-state index in [1.165, 1.54) is 17.3 Å². The predicted molar refractivity (Wildman–Crippen MR) is 51.4 cm³/mol. The summed E-state index contributed by atoms with van der Waals surface area (Å²) >= 11 is 0. The van der Waals surface area contributed by atoms with Gasteiger partial charge in [-0.15, -0.1) is 0 Å². The zero-order chi connectivity index (χ0) is 10.4. The third-order valence-electron chi connectivity index (χ3n) is 1.89. The van der Waals surface area contributed by atoms with Gasteiger partial charge in [0, 0.05) is 6.54 Å². The molecule has 6 nitrogen and oxygen atoms in total. The number of hydrogen-bond donors (Lipinski definition) is 2. The van der Waals surface area contributed by atoms with E-state index in [0.717, 1.165) is 6.42 Å². The van der Waals surface area contributed by atoms with E-state index >= 15 is 0 Å². The number of amides is 1. The van der Waals surface area contributed by atoms with E-state index in [1.54, 1.807) is 6.92 Å². The maximum atomic E-state index is 11.5. The third kappa shape index (κ3) is 2.81. The molecule has 0 aromatic carbocycles. The Kier molecular flexibility index (Phi) is 4.06. The number of carbonyl (C=O) groups is 1. The number of rotatable bonds is 5. The normalized spacial score (nSPS) is 12.4. The summed E-state index contributed by atoms with van der Waals surface area (Å²) in [7, 11) is 0. The summed E-state index contributed by atoms with van der Waals surface area (Å²) in [5.74, 6) is -0.0658. The zero-order valence-electron chi connectivity index (χ0n) is 8.18. The van der Waals surface area contributed by atoms with Crippen molar-refractivity contribution in [2.24, 2.45) is 5.73 Å². The molecule has 1 aromatic heterocycles. The van der Waals surface area contributed by atoms with Gasteiger partial charge in [-0.2, -0.15) is 5.10 Å². The molecular weight excluding hydrogens is 182 g/mol.